The van der Waals surface area contributed by atoms with Gasteiger partial charge in [-0.25, -0.2) is 9.18 Å². The van der Waals surface area contributed by atoms with Crippen molar-refractivity contribution in [1.29, 1.82) is 0 Å². The fourth-order valence-corrected chi connectivity index (χ4v) is 5.11. The summed E-state index contributed by atoms with van der Waals surface area (Å²) in [5.74, 6) is -0.180. The van der Waals surface area contributed by atoms with E-state index >= 15 is 0 Å². The second-order valence-corrected chi connectivity index (χ2v) is 9.78. The molecule has 0 aliphatic carbocycles. The summed E-state index contributed by atoms with van der Waals surface area (Å²) in [6, 6.07) is 14.6. The van der Waals surface area contributed by atoms with Crippen molar-refractivity contribution in [2.24, 2.45) is 0 Å². The first kappa shape index (κ1) is 24.6. The van der Waals surface area contributed by atoms with Crippen molar-refractivity contribution in [3.05, 3.63) is 65.6 Å². The highest BCUT2D eigenvalue weighted by molar-refractivity contribution is 6.31. The molecule has 9 heteroatoms. The van der Waals surface area contributed by atoms with E-state index in [2.05, 4.69) is 20.1 Å². The summed E-state index contributed by atoms with van der Waals surface area (Å²) in [6.07, 6.45) is 3.26. The van der Waals surface area contributed by atoms with Crippen LogP contribution in [0.3, 0.4) is 0 Å². The smallest absolute Gasteiger partial charge is 0.410 e. The Labute approximate surface area is 215 Å². The van der Waals surface area contributed by atoms with Crippen molar-refractivity contribution in [1.82, 2.24) is 14.8 Å². The van der Waals surface area contributed by atoms with Gasteiger partial charge in [0.15, 0.2) is 0 Å². The van der Waals surface area contributed by atoms with Crippen LogP contribution in [0.25, 0.3) is 10.9 Å². The molecule has 0 spiro atoms. The number of halogens is 2. The molecule has 1 atom stereocenters. The third kappa shape index (κ3) is 5.82. The minimum absolute atomic E-state index is 0.120. The number of carbonyl (C=O) groups is 1. The van der Waals surface area contributed by atoms with E-state index in [0.29, 0.717) is 30.3 Å². The third-order valence-corrected chi connectivity index (χ3v) is 7.09. The molecule has 7 nitrogen and oxygen atoms in total. The number of nitrogens with zero attached hydrogens (tertiary/aromatic N) is 4. The Morgan fingerprint density at radius 3 is 2.75 bits per heavy atom. The SMILES string of the molecule is O=C1OC(CN2CCN(c3ccccc3F)CC2)CN1CCCCNc1ccnc2cc(Cl)ccc12. The van der Waals surface area contributed by atoms with E-state index in [9.17, 15) is 9.18 Å². The molecular formula is C27H31ClFN5O2. The van der Waals surface area contributed by atoms with Crippen LogP contribution < -0.4 is 10.2 Å². The molecule has 1 N–H and O–H groups in total. The molecule has 0 saturated carbocycles. The number of cyclic esters (lactones) is 1. The average Bonchev–Trinajstić information content (AvgIpc) is 3.23. The summed E-state index contributed by atoms with van der Waals surface area (Å²) >= 11 is 6.07. The molecule has 36 heavy (non-hydrogen) atoms. The number of hydrogen-bond donors (Lipinski definition) is 1. The van der Waals surface area contributed by atoms with Crippen molar-refractivity contribution in [2.45, 2.75) is 18.9 Å². The fourth-order valence-electron chi connectivity index (χ4n) is 4.95. The molecule has 190 valence electrons. The zero-order valence-electron chi connectivity index (χ0n) is 20.2. The Kier molecular flexibility index (Phi) is 7.72. The van der Waals surface area contributed by atoms with Crippen molar-refractivity contribution in [2.75, 3.05) is 62.6 Å². The molecule has 2 aliphatic rings. The maximum Gasteiger partial charge on any atom is 0.410 e. The van der Waals surface area contributed by atoms with Gasteiger partial charge in [-0.15, -0.1) is 0 Å². The monoisotopic (exact) mass is 511 g/mol. The lowest BCUT2D eigenvalue weighted by Gasteiger charge is -2.36. The predicted molar refractivity (Wildman–Crippen MR) is 141 cm³/mol. The van der Waals surface area contributed by atoms with E-state index in [1.165, 1.54) is 6.07 Å². The average molecular weight is 512 g/mol. The van der Waals surface area contributed by atoms with Crippen LogP contribution in [-0.2, 0) is 4.74 Å². The standard InChI is InChI=1S/C27H31ClFN5O2/c28-20-7-8-22-24(9-11-31-25(22)17-20)30-10-3-4-12-34-19-21(36-27(34)35)18-32-13-15-33(16-14-32)26-6-2-1-5-23(26)29/h1-2,5-9,11,17,21H,3-4,10,12-16,18-19H2,(H,30,31). The van der Waals surface area contributed by atoms with Gasteiger partial charge in [-0.3, -0.25) is 9.88 Å². The van der Waals surface area contributed by atoms with Gasteiger partial charge in [0.2, 0.25) is 0 Å². The number of pyridine rings is 1. The van der Waals surface area contributed by atoms with E-state index in [0.717, 1.165) is 62.2 Å². The number of anilines is 2. The molecule has 2 saturated heterocycles. The minimum atomic E-state index is -0.227. The highest BCUT2D eigenvalue weighted by atomic mass is 35.5. The van der Waals surface area contributed by atoms with Gasteiger partial charge in [0.05, 0.1) is 17.7 Å². The number of amides is 1. The number of hydrogen-bond acceptors (Lipinski definition) is 6. The summed E-state index contributed by atoms with van der Waals surface area (Å²) in [4.78, 5) is 22.9. The van der Waals surface area contributed by atoms with Crippen molar-refractivity contribution >= 4 is 40.0 Å². The molecule has 2 fully saturated rings. The van der Waals surface area contributed by atoms with E-state index < -0.39 is 0 Å². The molecule has 2 aromatic carbocycles. The summed E-state index contributed by atoms with van der Waals surface area (Å²) in [7, 11) is 0. The topological polar surface area (TPSA) is 60.9 Å². The Morgan fingerprint density at radius 1 is 1.08 bits per heavy atom. The number of para-hydroxylation sites is 1. The van der Waals surface area contributed by atoms with Crippen molar-refractivity contribution < 1.29 is 13.9 Å². The number of benzene rings is 2. The van der Waals surface area contributed by atoms with Crippen LogP contribution >= 0.6 is 11.6 Å². The Morgan fingerprint density at radius 2 is 1.92 bits per heavy atom. The van der Waals surface area contributed by atoms with Gasteiger partial charge in [0.25, 0.3) is 0 Å². The first-order chi connectivity index (χ1) is 17.6. The lowest BCUT2D eigenvalue weighted by Crippen LogP contribution is -2.49. The van der Waals surface area contributed by atoms with Crippen LogP contribution in [0.1, 0.15) is 12.8 Å². The van der Waals surface area contributed by atoms with Crippen LogP contribution in [0.15, 0.2) is 54.7 Å². The Bertz CT molecular complexity index is 1200. The Hall–Kier alpha value is -3.10. The van der Waals surface area contributed by atoms with Crippen LogP contribution in [0, 0.1) is 5.82 Å². The lowest BCUT2D eigenvalue weighted by atomic mass is 10.2. The molecule has 0 bridgehead atoms. The maximum absolute atomic E-state index is 14.1. The molecular weight excluding hydrogens is 481 g/mol. The number of fused-ring (bicyclic) bond motifs is 1. The summed E-state index contributed by atoms with van der Waals surface area (Å²) < 4.78 is 19.7. The summed E-state index contributed by atoms with van der Waals surface area (Å²) in [5, 5.41) is 5.19. The quantitative estimate of drug-likeness (QED) is 0.414. The first-order valence-corrected chi connectivity index (χ1v) is 12.9. The highest BCUT2D eigenvalue weighted by Crippen LogP contribution is 2.25. The third-order valence-electron chi connectivity index (χ3n) is 6.85. The fraction of sp³-hybridized carbons (Fsp3) is 0.407. The molecule has 1 amide bonds. The molecule has 2 aliphatic heterocycles. The second-order valence-electron chi connectivity index (χ2n) is 9.34. The zero-order valence-corrected chi connectivity index (χ0v) is 21.0. The summed E-state index contributed by atoms with van der Waals surface area (Å²) in [5.41, 5.74) is 2.56. The van der Waals surface area contributed by atoms with Crippen LogP contribution in [0.5, 0.6) is 0 Å². The van der Waals surface area contributed by atoms with Gasteiger partial charge in [-0.05, 0) is 49.2 Å². The minimum Gasteiger partial charge on any atom is -0.443 e. The van der Waals surface area contributed by atoms with Gasteiger partial charge in [0.1, 0.15) is 11.9 Å². The van der Waals surface area contributed by atoms with Gasteiger partial charge in [-0.1, -0.05) is 23.7 Å². The largest absolute Gasteiger partial charge is 0.443 e. The molecule has 3 aromatic rings. The number of ether oxygens (including phenoxy) is 1. The first-order valence-electron chi connectivity index (χ1n) is 12.5. The lowest BCUT2D eigenvalue weighted by molar-refractivity contribution is 0.104. The molecule has 1 unspecified atom stereocenters. The van der Waals surface area contributed by atoms with Gasteiger partial charge >= 0.3 is 6.09 Å². The number of rotatable bonds is 9. The zero-order chi connectivity index (χ0) is 24.9. The molecule has 1 aromatic heterocycles. The number of unbranched alkanes of at least 4 members (excludes halogenated alkanes) is 1. The molecule has 0 radical (unpaired) electrons. The Balaban J connectivity index is 1.02. The number of carbonyl (C=O) groups excluding carboxylic acids is 1. The van der Waals surface area contributed by atoms with E-state index in [4.69, 9.17) is 16.3 Å². The predicted octanol–water partition coefficient (Wildman–Crippen LogP) is 4.86. The van der Waals surface area contributed by atoms with E-state index in [1.54, 1.807) is 12.3 Å². The van der Waals surface area contributed by atoms with Crippen molar-refractivity contribution in [3.8, 4) is 0 Å². The van der Waals surface area contributed by atoms with Gasteiger partial charge < -0.3 is 19.9 Å². The number of nitrogens with one attached hydrogen (secondary N) is 1. The highest BCUT2D eigenvalue weighted by Gasteiger charge is 2.32. The second kappa shape index (κ2) is 11.3. The van der Waals surface area contributed by atoms with E-state index in [1.807, 2.05) is 41.3 Å². The normalized spacial score (nSPS) is 18.6. The van der Waals surface area contributed by atoms with Crippen LogP contribution in [0.4, 0.5) is 20.6 Å². The van der Waals surface area contributed by atoms with Gasteiger partial charge in [0, 0.05) is 68.1 Å². The number of piperazine rings is 1. The van der Waals surface area contributed by atoms with Crippen molar-refractivity contribution in [3.63, 3.8) is 0 Å². The van der Waals surface area contributed by atoms with Crippen LogP contribution in [0.2, 0.25) is 5.02 Å². The van der Waals surface area contributed by atoms with E-state index in [-0.39, 0.29) is 18.0 Å². The maximum atomic E-state index is 14.1. The van der Waals surface area contributed by atoms with Gasteiger partial charge in [-0.2, -0.15) is 0 Å². The summed E-state index contributed by atoms with van der Waals surface area (Å²) in [6.45, 7) is 6.00. The molecule has 5 rings (SSSR count). The van der Waals surface area contributed by atoms with Crippen LogP contribution in [-0.4, -0.2) is 79.3 Å². The number of aromatic nitrogens is 1. The molecule has 3 heterocycles.